The molecule has 7 nitrogen and oxygen atoms in total. The van der Waals surface area contributed by atoms with Crippen LogP contribution in [0.2, 0.25) is 0 Å². The summed E-state index contributed by atoms with van der Waals surface area (Å²) in [5.41, 5.74) is 5.21. The highest BCUT2D eigenvalue weighted by atomic mass is 16.5. The van der Waals surface area contributed by atoms with Gasteiger partial charge in [-0.3, -0.25) is 9.59 Å². The lowest BCUT2D eigenvalue weighted by atomic mass is 10.4. The Morgan fingerprint density at radius 1 is 1.35 bits per heavy atom. The van der Waals surface area contributed by atoms with Gasteiger partial charge in [-0.1, -0.05) is 0 Å². The summed E-state index contributed by atoms with van der Waals surface area (Å²) in [7, 11) is 3.10. The molecule has 0 rings (SSSR count). The van der Waals surface area contributed by atoms with Crippen molar-refractivity contribution in [2.24, 2.45) is 5.73 Å². The molecule has 0 heterocycles. The van der Waals surface area contributed by atoms with E-state index in [4.69, 9.17) is 15.2 Å². The van der Waals surface area contributed by atoms with Crippen molar-refractivity contribution < 1.29 is 19.1 Å². The molecule has 0 unspecified atom stereocenters. The number of rotatable bonds is 9. The Hall–Kier alpha value is -1.18. The number of nitrogens with two attached hydrogens (primary N) is 1. The van der Waals surface area contributed by atoms with Crippen molar-refractivity contribution >= 4 is 11.8 Å². The lowest BCUT2D eigenvalue weighted by molar-refractivity contribution is -0.138. The molecule has 0 aromatic heterocycles. The molecule has 0 aliphatic rings. The molecular weight excluding hydrogens is 226 g/mol. The van der Waals surface area contributed by atoms with Gasteiger partial charge >= 0.3 is 0 Å². The van der Waals surface area contributed by atoms with E-state index in [0.717, 1.165) is 0 Å². The Labute approximate surface area is 101 Å². The van der Waals surface area contributed by atoms with Crippen molar-refractivity contribution in [1.82, 2.24) is 10.2 Å². The molecule has 0 bridgehead atoms. The molecule has 17 heavy (non-hydrogen) atoms. The fourth-order valence-electron chi connectivity index (χ4n) is 1.01. The predicted octanol–water partition coefficient (Wildman–Crippen LogP) is -1.82. The SMILES string of the molecule is COCCNC(=O)CN(C)C(=O)COCCN. The van der Waals surface area contributed by atoms with Crippen LogP contribution in [0, 0.1) is 0 Å². The molecule has 0 aliphatic heterocycles. The maximum Gasteiger partial charge on any atom is 0.248 e. The molecule has 100 valence electrons. The molecule has 0 saturated carbocycles. The molecule has 2 amide bonds. The third-order valence-electron chi connectivity index (χ3n) is 1.92. The Bertz CT molecular complexity index is 236. The summed E-state index contributed by atoms with van der Waals surface area (Å²) in [6.45, 7) is 1.53. The van der Waals surface area contributed by atoms with Crippen LogP contribution in [0.4, 0.5) is 0 Å². The van der Waals surface area contributed by atoms with E-state index in [-0.39, 0.29) is 25.0 Å². The smallest absolute Gasteiger partial charge is 0.248 e. The molecule has 0 fully saturated rings. The van der Waals surface area contributed by atoms with Crippen LogP contribution in [0.3, 0.4) is 0 Å². The monoisotopic (exact) mass is 247 g/mol. The normalized spacial score (nSPS) is 10.1. The van der Waals surface area contributed by atoms with Crippen LogP contribution in [-0.4, -0.2) is 70.3 Å². The number of nitrogens with one attached hydrogen (secondary N) is 1. The van der Waals surface area contributed by atoms with Crippen molar-refractivity contribution in [3.8, 4) is 0 Å². The number of likely N-dealkylation sites (N-methyl/N-ethyl adjacent to an activating group) is 1. The van der Waals surface area contributed by atoms with Crippen LogP contribution in [0.25, 0.3) is 0 Å². The van der Waals surface area contributed by atoms with Crippen molar-refractivity contribution in [3.63, 3.8) is 0 Å². The van der Waals surface area contributed by atoms with E-state index in [2.05, 4.69) is 5.32 Å². The first-order valence-electron chi connectivity index (χ1n) is 5.39. The average Bonchev–Trinajstić information content (AvgIpc) is 2.29. The summed E-state index contributed by atoms with van der Waals surface area (Å²) in [5, 5.41) is 2.62. The second kappa shape index (κ2) is 10.0. The van der Waals surface area contributed by atoms with E-state index in [1.165, 1.54) is 4.90 Å². The Balaban J connectivity index is 3.71. The first-order valence-corrected chi connectivity index (χ1v) is 5.39. The van der Waals surface area contributed by atoms with Crippen molar-refractivity contribution in [2.75, 3.05) is 53.6 Å². The molecular formula is C10H21N3O4. The first kappa shape index (κ1) is 15.8. The zero-order chi connectivity index (χ0) is 13.1. The number of ether oxygens (including phenoxy) is 2. The van der Waals surface area contributed by atoms with E-state index in [9.17, 15) is 9.59 Å². The van der Waals surface area contributed by atoms with Gasteiger partial charge in [0.15, 0.2) is 0 Å². The summed E-state index contributed by atoms with van der Waals surface area (Å²) >= 11 is 0. The molecule has 0 radical (unpaired) electrons. The number of methoxy groups -OCH3 is 1. The Morgan fingerprint density at radius 2 is 2.06 bits per heavy atom. The van der Waals surface area contributed by atoms with E-state index >= 15 is 0 Å². The summed E-state index contributed by atoms with van der Waals surface area (Å²) in [6, 6.07) is 0. The summed E-state index contributed by atoms with van der Waals surface area (Å²) < 4.78 is 9.76. The highest BCUT2D eigenvalue weighted by Gasteiger charge is 2.12. The fraction of sp³-hybridized carbons (Fsp3) is 0.800. The molecule has 0 atom stereocenters. The van der Waals surface area contributed by atoms with Gasteiger partial charge in [0.2, 0.25) is 11.8 Å². The van der Waals surface area contributed by atoms with Crippen LogP contribution in [-0.2, 0) is 19.1 Å². The van der Waals surface area contributed by atoms with Gasteiger partial charge < -0.3 is 25.4 Å². The topological polar surface area (TPSA) is 93.9 Å². The summed E-state index contributed by atoms with van der Waals surface area (Å²) in [6.07, 6.45) is 0. The minimum Gasteiger partial charge on any atom is -0.383 e. The molecule has 0 saturated heterocycles. The zero-order valence-corrected chi connectivity index (χ0v) is 10.4. The Morgan fingerprint density at radius 3 is 2.65 bits per heavy atom. The number of carbonyl (C=O) groups excluding carboxylic acids is 2. The Kier molecular flexibility index (Phi) is 9.31. The third-order valence-corrected chi connectivity index (χ3v) is 1.92. The molecule has 0 aromatic rings. The van der Waals surface area contributed by atoms with Crippen molar-refractivity contribution in [2.45, 2.75) is 0 Å². The highest BCUT2D eigenvalue weighted by molar-refractivity contribution is 5.85. The molecule has 7 heteroatoms. The number of hydrogen-bond acceptors (Lipinski definition) is 5. The molecule has 0 aromatic carbocycles. The van der Waals surface area contributed by atoms with Crippen LogP contribution < -0.4 is 11.1 Å². The summed E-state index contributed by atoms with van der Waals surface area (Å²) in [4.78, 5) is 24.1. The minimum atomic E-state index is -0.250. The number of hydrogen-bond donors (Lipinski definition) is 2. The number of amides is 2. The number of nitrogens with zero attached hydrogens (tertiary/aromatic N) is 1. The third kappa shape index (κ3) is 8.61. The second-order valence-corrected chi connectivity index (χ2v) is 3.43. The molecule has 0 aliphatic carbocycles. The predicted molar refractivity (Wildman–Crippen MR) is 62.4 cm³/mol. The van der Waals surface area contributed by atoms with Crippen molar-refractivity contribution in [3.05, 3.63) is 0 Å². The quantitative estimate of drug-likeness (QED) is 0.468. The van der Waals surface area contributed by atoms with Crippen LogP contribution in [0.15, 0.2) is 0 Å². The van der Waals surface area contributed by atoms with E-state index < -0.39 is 0 Å². The van der Waals surface area contributed by atoms with Gasteiger partial charge in [-0.2, -0.15) is 0 Å². The zero-order valence-electron chi connectivity index (χ0n) is 10.4. The van der Waals surface area contributed by atoms with Gasteiger partial charge in [-0.15, -0.1) is 0 Å². The lowest BCUT2D eigenvalue weighted by Gasteiger charge is -2.16. The summed E-state index contributed by atoms with van der Waals surface area (Å²) in [5.74, 6) is -0.475. The van der Waals surface area contributed by atoms with E-state index in [1.807, 2.05) is 0 Å². The van der Waals surface area contributed by atoms with Crippen LogP contribution >= 0.6 is 0 Å². The largest absolute Gasteiger partial charge is 0.383 e. The van der Waals surface area contributed by atoms with Crippen LogP contribution in [0.5, 0.6) is 0 Å². The average molecular weight is 247 g/mol. The van der Waals surface area contributed by atoms with Crippen LogP contribution in [0.1, 0.15) is 0 Å². The van der Waals surface area contributed by atoms with E-state index in [0.29, 0.717) is 26.3 Å². The maximum absolute atomic E-state index is 11.4. The lowest BCUT2D eigenvalue weighted by Crippen LogP contribution is -2.40. The van der Waals surface area contributed by atoms with Gasteiger partial charge in [0.25, 0.3) is 0 Å². The fourth-order valence-corrected chi connectivity index (χ4v) is 1.01. The highest BCUT2D eigenvalue weighted by Crippen LogP contribution is 1.86. The second-order valence-electron chi connectivity index (χ2n) is 3.43. The van der Waals surface area contributed by atoms with Gasteiger partial charge in [0.1, 0.15) is 6.61 Å². The molecule has 3 N–H and O–H groups in total. The maximum atomic E-state index is 11.4. The van der Waals surface area contributed by atoms with Gasteiger partial charge in [-0.05, 0) is 0 Å². The minimum absolute atomic E-state index is 0.00846. The molecule has 0 spiro atoms. The standard InChI is InChI=1S/C10H21N3O4/c1-13(10(15)8-17-5-3-11)7-9(14)12-4-6-16-2/h3-8,11H2,1-2H3,(H,12,14). The van der Waals surface area contributed by atoms with Crippen molar-refractivity contribution in [1.29, 1.82) is 0 Å². The number of carbonyl (C=O) groups is 2. The first-order chi connectivity index (χ1) is 8.11. The van der Waals surface area contributed by atoms with Gasteiger partial charge in [-0.25, -0.2) is 0 Å². The van der Waals surface area contributed by atoms with E-state index in [1.54, 1.807) is 14.2 Å². The van der Waals surface area contributed by atoms with Gasteiger partial charge in [0.05, 0.1) is 19.8 Å². The van der Waals surface area contributed by atoms with Gasteiger partial charge in [0, 0.05) is 27.2 Å².